The second kappa shape index (κ2) is 9.20. The second-order valence-electron chi connectivity index (χ2n) is 8.89. The number of sulfonamides is 1. The van der Waals surface area contributed by atoms with Crippen molar-refractivity contribution in [3.63, 3.8) is 0 Å². The van der Waals surface area contributed by atoms with Crippen molar-refractivity contribution in [1.82, 2.24) is 29.7 Å². The number of hydrogen-bond acceptors (Lipinski definition) is 8. The molecule has 2 aliphatic rings. The number of aromatic nitrogens is 6. The van der Waals surface area contributed by atoms with Crippen LogP contribution >= 0.6 is 11.6 Å². The molecule has 12 heteroatoms. The Morgan fingerprint density at radius 2 is 1.79 bits per heavy atom. The maximum atomic E-state index is 13.5. The number of anilines is 1. The lowest BCUT2D eigenvalue weighted by Crippen LogP contribution is -2.34. The van der Waals surface area contributed by atoms with E-state index < -0.39 is 21.4 Å². The van der Waals surface area contributed by atoms with Crippen LogP contribution in [0.1, 0.15) is 50.6 Å². The van der Waals surface area contributed by atoms with E-state index >= 15 is 0 Å². The zero-order chi connectivity index (χ0) is 23.9. The third-order valence-corrected chi connectivity index (χ3v) is 8.31. The molecule has 0 aliphatic heterocycles. The lowest BCUT2D eigenvalue weighted by Gasteiger charge is -2.25. The first-order chi connectivity index (χ1) is 16.4. The Balaban J connectivity index is 1.49. The van der Waals surface area contributed by atoms with Crippen molar-refractivity contribution in [3.8, 4) is 11.4 Å². The van der Waals surface area contributed by atoms with Crippen molar-refractivity contribution < 1.29 is 13.2 Å². The summed E-state index contributed by atoms with van der Waals surface area (Å²) in [5, 5.41) is 8.00. The van der Waals surface area contributed by atoms with Crippen LogP contribution in [0.15, 0.2) is 36.9 Å². The van der Waals surface area contributed by atoms with E-state index in [-0.39, 0.29) is 17.8 Å². The minimum atomic E-state index is -3.95. The summed E-state index contributed by atoms with van der Waals surface area (Å²) in [4.78, 5) is 12.5. The summed E-state index contributed by atoms with van der Waals surface area (Å²) < 4.78 is 37.1. The molecule has 10 nitrogen and oxygen atoms in total. The van der Waals surface area contributed by atoms with Crippen molar-refractivity contribution in [2.24, 2.45) is 11.8 Å². The number of nitrogens with zero attached hydrogens (tertiary/aromatic N) is 6. The van der Waals surface area contributed by atoms with Gasteiger partial charge in [0.25, 0.3) is 0 Å². The van der Waals surface area contributed by atoms with E-state index in [1.165, 1.54) is 19.5 Å². The lowest BCUT2D eigenvalue weighted by molar-refractivity contribution is 0.0950. The Morgan fingerprint density at radius 3 is 2.35 bits per heavy atom. The van der Waals surface area contributed by atoms with E-state index in [9.17, 15) is 8.42 Å². The van der Waals surface area contributed by atoms with Gasteiger partial charge in [0.05, 0.1) is 5.02 Å². The third-order valence-electron chi connectivity index (χ3n) is 6.42. The van der Waals surface area contributed by atoms with Gasteiger partial charge in [-0.2, -0.15) is 0 Å². The van der Waals surface area contributed by atoms with E-state index in [2.05, 4.69) is 29.9 Å². The highest BCUT2D eigenvalue weighted by Gasteiger charge is 2.45. The van der Waals surface area contributed by atoms with E-state index in [0.717, 1.165) is 31.2 Å². The van der Waals surface area contributed by atoms with Crippen LogP contribution in [0.4, 0.5) is 5.95 Å². The summed E-state index contributed by atoms with van der Waals surface area (Å²) in [5.74, 6) is 2.05. The molecule has 2 atom stereocenters. The molecule has 0 aromatic carbocycles. The maximum Gasteiger partial charge on any atom is 0.240 e. The number of methoxy groups -OCH3 is 1. The first-order valence-electron chi connectivity index (χ1n) is 11.3. The van der Waals surface area contributed by atoms with Gasteiger partial charge in [-0.05, 0) is 56.6 Å². The molecule has 2 unspecified atom stereocenters. The predicted molar refractivity (Wildman–Crippen MR) is 127 cm³/mol. The second-order valence-corrected chi connectivity index (χ2v) is 11.4. The van der Waals surface area contributed by atoms with Crippen LogP contribution in [-0.2, 0) is 14.8 Å². The lowest BCUT2D eigenvalue weighted by atomic mass is 10.1. The number of rotatable bonds is 10. The van der Waals surface area contributed by atoms with Crippen LogP contribution in [0.3, 0.4) is 0 Å². The van der Waals surface area contributed by atoms with Crippen LogP contribution in [0.5, 0.6) is 0 Å². The minimum Gasteiger partial charge on any atom is -0.372 e. The highest BCUT2D eigenvalue weighted by Crippen LogP contribution is 2.53. The molecule has 0 saturated heterocycles. The molecule has 0 amide bonds. The number of pyridine rings is 1. The van der Waals surface area contributed by atoms with E-state index in [1.54, 1.807) is 19.3 Å². The summed E-state index contributed by atoms with van der Waals surface area (Å²) in [7, 11) is -2.52. The van der Waals surface area contributed by atoms with Gasteiger partial charge >= 0.3 is 0 Å². The molecular weight excluding hydrogens is 478 g/mol. The van der Waals surface area contributed by atoms with Crippen molar-refractivity contribution in [3.05, 3.63) is 47.8 Å². The van der Waals surface area contributed by atoms with Gasteiger partial charge in [-0.1, -0.05) is 11.6 Å². The number of hydrogen-bond donors (Lipinski definition) is 1. The van der Waals surface area contributed by atoms with Crippen molar-refractivity contribution in [1.29, 1.82) is 0 Å². The Kier molecular flexibility index (Phi) is 6.26. The first-order valence-corrected chi connectivity index (χ1v) is 13.2. The van der Waals surface area contributed by atoms with E-state index in [1.807, 2.05) is 16.7 Å². The Bertz CT molecular complexity index is 1230. The van der Waals surface area contributed by atoms with Crippen LogP contribution in [0.25, 0.3) is 11.4 Å². The fourth-order valence-electron chi connectivity index (χ4n) is 4.38. The quantitative estimate of drug-likeness (QED) is 0.444. The molecule has 0 spiro atoms. The Hall–Kier alpha value is -2.63. The summed E-state index contributed by atoms with van der Waals surface area (Å²) in [6, 6.07) is 3.89. The monoisotopic (exact) mass is 503 g/mol. The van der Waals surface area contributed by atoms with E-state index in [0.29, 0.717) is 22.7 Å². The van der Waals surface area contributed by atoms with Crippen LogP contribution < -0.4 is 4.72 Å². The number of ether oxygens (including phenoxy) is 1. The van der Waals surface area contributed by atoms with Crippen LogP contribution in [-0.4, -0.2) is 50.5 Å². The van der Waals surface area contributed by atoms with Gasteiger partial charge in [0.15, 0.2) is 11.6 Å². The Labute approximate surface area is 203 Å². The van der Waals surface area contributed by atoms with Gasteiger partial charge in [0.2, 0.25) is 16.0 Å². The fraction of sp³-hybridized carbons (Fsp3) is 0.500. The summed E-state index contributed by atoms with van der Waals surface area (Å²) in [6.45, 7) is 1.55. The van der Waals surface area contributed by atoms with Crippen LogP contribution in [0.2, 0.25) is 5.02 Å². The molecule has 3 aromatic rings. The molecule has 3 aromatic heterocycles. The molecule has 2 fully saturated rings. The largest absolute Gasteiger partial charge is 0.372 e. The van der Waals surface area contributed by atoms with Gasteiger partial charge in [-0.25, -0.2) is 18.4 Å². The number of halogens is 1. The van der Waals surface area contributed by atoms with E-state index in [4.69, 9.17) is 16.3 Å². The van der Waals surface area contributed by atoms with Crippen molar-refractivity contribution in [2.75, 3.05) is 11.8 Å². The molecular formula is C22H26ClN7O3S. The molecule has 3 heterocycles. The SMILES string of the molecule is COC(c1ncc(Cl)cn1)C(C)S(=O)(=O)Nc1nnc(-c2cccnc2)n1C(C1CC1)C1CC1. The zero-order valence-electron chi connectivity index (χ0n) is 18.9. The van der Waals surface area contributed by atoms with Crippen LogP contribution in [0, 0.1) is 11.8 Å². The molecule has 180 valence electrons. The zero-order valence-corrected chi connectivity index (χ0v) is 20.4. The van der Waals surface area contributed by atoms with Gasteiger partial charge in [0, 0.05) is 43.5 Å². The van der Waals surface area contributed by atoms with Gasteiger partial charge < -0.3 is 4.74 Å². The molecule has 0 bridgehead atoms. The minimum absolute atomic E-state index is 0.149. The fourth-order valence-corrected chi connectivity index (χ4v) is 5.61. The highest BCUT2D eigenvalue weighted by atomic mass is 35.5. The first kappa shape index (κ1) is 23.1. The predicted octanol–water partition coefficient (Wildman–Crippen LogP) is 3.66. The van der Waals surface area contributed by atoms with Gasteiger partial charge in [0.1, 0.15) is 11.4 Å². The maximum absolute atomic E-state index is 13.5. The smallest absolute Gasteiger partial charge is 0.240 e. The normalized spacial score (nSPS) is 18.1. The molecule has 1 N–H and O–H groups in total. The van der Waals surface area contributed by atoms with Crippen molar-refractivity contribution in [2.45, 2.75) is 50.0 Å². The summed E-state index contributed by atoms with van der Waals surface area (Å²) in [6.07, 6.45) is 9.82. The third kappa shape index (κ3) is 4.64. The molecule has 5 rings (SSSR count). The summed E-state index contributed by atoms with van der Waals surface area (Å²) >= 11 is 5.88. The summed E-state index contributed by atoms with van der Waals surface area (Å²) in [5.41, 5.74) is 0.795. The Morgan fingerprint density at radius 1 is 1.12 bits per heavy atom. The standard InChI is InChI=1S/C22H26ClN7O3S/c1-13(19(33-2)20-25-11-17(23)12-26-20)34(31,32)29-22-28-27-21(16-4-3-9-24-10-16)30(22)18(14-5-6-14)15-7-8-15/h3-4,9-15,18-19H,5-8H2,1-2H3,(H,28,29). The topological polar surface area (TPSA) is 125 Å². The average Bonchev–Trinajstić information content (AvgIpc) is 3.76. The average molecular weight is 504 g/mol. The molecule has 34 heavy (non-hydrogen) atoms. The molecule has 2 saturated carbocycles. The molecule has 0 radical (unpaired) electrons. The highest BCUT2D eigenvalue weighted by molar-refractivity contribution is 7.93. The van der Waals surface area contributed by atoms with Gasteiger partial charge in [-0.3, -0.25) is 14.3 Å². The van der Waals surface area contributed by atoms with Crippen molar-refractivity contribution >= 4 is 27.6 Å². The van der Waals surface area contributed by atoms with Gasteiger partial charge in [-0.15, -0.1) is 10.2 Å². The molecule has 2 aliphatic carbocycles. The number of nitrogens with one attached hydrogen (secondary N) is 1.